The van der Waals surface area contributed by atoms with Gasteiger partial charge in [-0.15, -0.1) is 0 Å². The molecule has 1 heterocycles. The summed E-state index contributed by atoms with van der Waals surface area (Å²) in [5.74, 6) is 0. The van der Waals surface area contributed by atoms with Gasteiger partial charge in [-0.3, -0.25) is 4.68 Å². The first-order valence-corrected chi connectivity index (χ1v) is 6.12. The SMILES string of the molecule is CCc1cc(CC2(C#N)CCCC2)n(C)n1. The monoisotopic (exact) mass is 217 g/mol. The third-order valence-corrected chi connectivity index (χ3v) is 3.71. The minimum Gasteiger partial charge on any atom is -0.272 e. The number of nitrogens with zero attached hydrogens (tertiary/aromatic N) is 3. The molecule has 2 rings (SSSR count). The van der Waals surface area contributed by atoms with Gasteiger partial charge in [-0.25, -0.2) is 0 Å². The van der Waals surface area contributed by atoms with E-state index in [1.165, 1.54) is 18.5 Å². The van der Waals surface area contributed by atoms with Crippen LogP contribution in [0, 0.1) is 16.7 Å². The largest absolute Gasteiger partial charge is 0.272 e. The summed E-state index contributed by atoms with van der Waals surface area (Å²) in [5, 5.41) is 13.8. The standard InChI is InChI=1S/C13H19N3/c1-3-11-8-12(16(2)15-11)9-13(10-14)6-4-5-7-13/h8H,3-7,9H2,1-2H3. The molecule has 16 heavy (non-hydrogen) atoms. The Morgan fingerprint density at radius 1 is 1.50 bits per heavy atom. The molecule has 0 unspecified atom stereocenters. The topological polar surface area (TPSA) is 41.6 Å². The van der Waals surface area contributed by atoms with Crippen LogP contribution in [0.5, 0.6) is 0 Å². The first-order valence-electron chi connectivity index (χ1n) is 6.12. The van der Waals surface area contributed by atoms with Crippen molar-refractivity contribution in [1.82, 2.24) is 9.78 Å². The molecule has 0 aromatic carbocycles. The average molecular weight is 217 g/mol. The minimum atomic E-state index is -0.112. The second-order valence-electron chi connectivity index (χ2n) is 4.88. The van der Waals surface area contributed by atoms with Crippen molar-refractivity contribution in [2.24, 2.45) is 12.5 Å². The lowest BCUT2D eigenvalue weighted by atomic mass is 9.83. The second kappa shape index (κ2) is 4.29. The van der Waals surface area contributed by atoms with E-state index < -0.39 is 0 Å². The molecule has 1 saturated carbocycles. The number of aryl methyl sites for hydroxylation is 2. The zero-order valence-electron chi connectivity index (χ0n) is 10.2. The molecular weight excluding hydrogens is 198 g/mol. The van der Waals surface area contributed by atoms with E-state index in [1.54, 1.807) is 0 Å². The Morgan fingerprint density at radius 2 is 2.19 bits per heavy atom. The van der Waals surface area contributed by atoms with Crippen LogP contribution >= 0.6 is 0 Å². The zero-order chi connectivity index (χ0) is 11.6. The van der Waals surface area contributed by atoms with Gasteiger partial charge in [-0.1, -0.05) is 19.8 Å². The fourth-order valence-corrected chi connectivity index (χ4v) is 2.64. The van der Waals surface area contributed by atoms with Crippen molar-refractivity contribution in [2.45, 2.75) is 45.4 Å². The van der Waals surface area contributed by atoms with Crippen LogP contribution in [0.2, 0.25) is 0 Å². The van der Waals surface area contributed by atoms with E-state index in [2.05, 4.69) is 24.2 Å². The van der Waals surface area contributed by atoms with Crippen LogP contribution in [-0.2, 0) is 19.9 Å². The smallest absolute Gasteiger partial charge is 0.0693 e. The van der Waals surface area contributed by atoms with E-state index in [9.17, 15) is 5.26 Å². The van der Waals surface area contributed by atoms with Gasteiger partial charge < -0.3 is 0 Å². The molecule has 0 spiro atoms. The van der Waals surface area contributed by atoms with Crippen molar-refractivity contribution in [3.8, 4) is 6.07 Å². The molecule has 86 valence electrons. The van der Waals surface area contributed by atoms with E-state index in [0.29, 0.717) is 0 Å². The van der Waals surface area contributed by atoms with Gasteiger partial charge in [0.2, 0.25) is 0 Å². The lowest BCUT2D eigenvalue weighted by Crippen LogP contribution is -2.18. The third-order valence-electron chi connectivity index (χ3n) is 3.71. The molecular formula is C13H19N3. The first kappa shape index (κ1) is 11.2. The average Bonchev–Trinajstić information content (AvgIpc) is 2.88. The van der Waals surface area contributed by atoms with Crippen molar-refractivity contribution in [3.63, 3.8) is 0 Å². The molecule has 1 aliphatic rings. The Balaban J connectivity index is 2.19. The van der Waals surface area contributed by atoms with Crippen LogP contribution in [0.3, 0.4) is 0 Å². The maximum atomic E-state index is 9.35. The van der Waals surface area contributed by atoms with Crippen LogP contribution in [-0.4, -0.2) is 9.78 Å². The van der Waals surface area contributed by atoms with Crippen LogP contribution < -0.4 is 0 Å². The zero-order valence-corrected chi connectivity index (χ0v) is 10.2. The van der Waals surface area contributed by atoms with Gasteiger partial charge in [0.05, 0.1) is 17.2 Å². The minimum absolute atomic E-state index is 0.112. The summed E-state index contributed by atoms with van der Waals surface area (Å²) in [7, 11) is 1.98. The number of hydrogen-bond donors (Lipinski definition) is 0. The molecule has 3 nitrogen and oxygen atoms in total. The lowest BCUT2D eigenvalue weighted by molar-refractivity contribution is 0.395. The highest BCUT2D eigenvalue weighted by Gasteiger charge is 2.34. The molecule has 0 radical (unpaired) electrons. The second-order valence-corrected chi connectivity index (χ2v) is 4.88. The molecule has 0 bridgehead atoms. The molecule has 0 N–H and O–H groups in total. The van der Waals surface area contributed by atoms with Gasteiger partial charge in [-0.2, -0.15) is 10.4 Å². The summed E-state index contributed by atoms with van der Waals surface area (Å²) in [6.07, 6.45) is 6.34. The van der Waals surface area contributed by atoms with Gasteiger partial charge in [0.1, 0.15) is 0 Å². The summed E-state index contributed by atoms with van der Waals surface area (Å²) in [4.78, 5) is 0. The van der Waals surface area contributed by atoms with Crippen LogP contribution in [0.15, 0.2) is 6.07 Å². The Morgan fingerprint density at radius 3 is 2.69 bits per heavy atom. The first-order chi connectivity index (χ1) is 7.69. The van der Waals surface area contributed by atoms with Gasteiger partial charge in [0.25, 0.3) is 0 Å². The van der Waals surface area contributed by atoms with Crippen molar-refractivity contribution in [3.05, 3.63) is 17.5 Å². The van der Waals surface area contributed by atoms with E-state index >= 15 is 0 Å². The van der Waals surface area contributed by atoms with E-state index in [-0.39, 0.29) is 5.41 Å². The molecule has 0 aliphatic heterocycles. The number of hydrogen-bond acceptors (Lipinski definition) is 2. The fraction of sp³-hybridized carbons (Fsp3) is 0.692. The fourth-order valence-electron chi connectivity index (χ4n) is 2.64. The summed E-state index contributed by atoms with van der Waals surface area (Å²) < 4.78 is 1.94. The highest BCUT2D eigenvalue weighted by molar-refractivity contribution is 5.16. The van der Waals surface area contributed by atoms with Gasteiger partial charge in [-0.05, 0) is 25.3 Å². The predicted octanol–water partition coefficient (Wildman–Crippen LogP) is 2.61. The van der Waals surface area contributed by atoms with Crippen molar-refractivity contribution in [1.29, 1.82) is 5.26 Å². The van der Waals surface area contributed by atoms with Crippen LogP contribution in [0.25, 0.3) is 0 Å². The maximum absolute atomic E-state index is 9.35. The Hall–Kier alpha value is -1.30. The van der Waals surface area contributed by atoms with Crippen LogP contribution in [0.4, 0.5) is 0 Å². The number of aromatic nitrogens is 2. The molecule has 0 amide bonds. The Bertz CT molecular complexity index is 405. The highest BCUT2D eigenvalue weighted by atomic mass is 15.3. The molecule has 1 aliphatic carbocycles. The molecule has 0 atom stereocenters. The summed E-state index contributed by atoms with van der Waals surface area (Å²) in [5.41, 5.74) is 2.22. The Labute approximate surface area is 97.1 Å². The Kier molecular flexibility index (Phi) is 3.00. The number of nitriles is 1. The summed E-state index contributed by atoms with van der Waals surface area (Å²) >= 11 is 0. The van der Waals surface area contributed by atoms with Gasteiger partial charge >= 0.3 is 0 Å². The normalized spacial score (nSPS) is 18.6. The summed E-state index contributed by atoms with van der Waals surface area (Å²) in [6, 6.07) is 4.69. The maximum Gasteiger partial charge on any atom is 0.0693 e. The van der Waals surface area contributed by atoms with E-state index in [0.717, 1.165) is 31.4 Å². The van der Waals surface area contributed by atoms with Crippen molar-refractivity contribution in [2.75, 3.05) is 0 Å². The lowest BCUT2D eigenvalue weighted by Gasteiger charge is -2.19. The van der Waals surface area contributed by atoms with Crippen molar-refractivity contribution >= 4 is 0 Å². The highest BCUT2D eigenvalue weighted by Crippen LogP contribution is 2.40. The molecule has 0 saturated heterocycles. The quantitative estimate of drug-likeness (QED) is 0.781. The van der Waals surface area contributed by atoms with Gasteiger partial charge in [0, 0.05) is 19.2 Å². The van der Waals surface area contributed by atoms with Crippen LogP contribution in [0.1, 0.15) is 44.0 Å². The van der Waals surface area contributed by atoms with Gasteiger partial charge in [0.15, 0.2) is 0 Å². The summed E-state index contributed by atoms with van der Waals surface area (Å²) in [6.45, 7) is 2.11. The predicted molar refractivity (Wildman–Crippen MR) is 62.8 cm³/mol. The van der Waals surface area contributed by atoms with E-state index in [4.69, 9.17) is 0 Å². The molecule has 3 heteroatoms. The van der Waals surface area contributed by atoms with E-state index in [1.807, 2.05) is 11.7 Å². The molecule has 1 fully saturated rings. The third kappa shape index (κ3) is 1.97. The number of rotatable bonds is 3. The molecule has 1 aromatic heterocycles. The molecule has 1 aromatic rings. The van der Waals surface area contributed by atoms with Crippen molar-refractivity contribution < 1.29 is 0 Å².